The predicted molar refractivity (Wildman–Crippen MR) is 82.9 cm³/mol. The number of benzene rings is 1. The van der Waals surface area contributed by atoms with Gasteiger partial charge in [0.15, 0.2) is 0 Å². The molecule has 19 heavy (non-hydrogen) atoms. The van der Waals surface area contributed by atoms with Gasteiger partial charge in [-0.3, -0.25) is 0 Å². The second-order valence-corrected chi connectivity index (χ2v) is 5.50. The van der Waals surface area contributed by atoms with Crippen LogP contribution in [-0.2, 0) is 0 Å². The minimum atomic E-state index is -0.254. The first-order chi connectivity index (χ1) is 9.04. The molecule has 1 aromatic carbocycles. The van der Waals surface area contributed by atoms with E-state index in [1.807, 2.05) is 0 Å². The molecule has 0 saturated carbocycles. The Morgan fingerprint density at radius 2 is 2.05 bits per heavy atom. The number of hydrogen-bond acceptors (Lipinski definition) is 3. The highest BCUT2D eigenvalue weighted by molar-refractivity contribution is 5.48. The Morgan fingerprint density at radius 1 is 1.32 bits per heavy atom. The minimum absolute atomic E-state index is 0.148. The van der Waals surface area contributed by atoms with Crippen LogP contribution in [0.2, 0.25) is 0 Å². The van der Waals surface area contributed by atoms with E-state index in [9.17, 15) is 5.11 Å². The van der Waals surface area contributed by atoms with Crippen LogP contribution in [0.5, 0.6) is 0 Å². The fourth-order valence-corrected chi connectivity index (χ4v) is 2.22. The summed E-state index contributed by atoms with van der Waals surface area (Å²) < 4.78 is 0. The summed E-state index contributed by atoms with van der Waals surface area (Å²) in [6.45, 7) is 11.3. The Morgan fingerprint density at radius 3 is 2.58 bits per heavy atom. The highest BCUT2D eigenvalue weighted by Crippen LogP contribution is 2.18. The lowest BCUT2D eigenvalue weighted by Gasteiger charge is -2.36. The molecular formula is C16H28N2O. The monoisotopic (exact) mass is 264 g/mol. The van der Waals surface area contributed by atoms with Gasteiger partial charge in [0, 0.05) is 18.8 Å². The second kappa shape index (κ2) is 7.51. The van der Waals surface area contributed by atoms with Crippen molar-refractivity contribution in [1.82, 2.24) is 5.32 Å². The van der Waals surface area contributed by atoms with E-state index in [2.05, 4.69) is 62.2 Å². The van der Waals surface area contributed by atoms with E-state index >= 15 is 0 Å². The van der Waals surface area contributed by atoms with Crippen molar-refractivity contribution in [1.29, 1.82) is 0 Å². The summed E-state index contributed by atoms with van der Waals surface area (Å²) in [6, 6.07) is 8.52. The third-order valence-corrected chi connectivity index (χ3v) is 3.44. The van der Waals surface area contributed by atoms with Crippen LogP contribution in [-0.4, -0.2) is 36.9 Å². The lowest BCUT2D eigenvalue weighted by atomic mass is 10.0. The Hall–Kier alpha value is -1.06. The largest absolute Gasteiger partial charge is 0.394 e. The van der Waals surface area contributed by atoms with Gasteiger partial charge in [0.25, 0.3) is 0 Å². The molecule has 0 amide bonds. The van der Waals surface area contributed by atoms with Gasteiger partial charge in [0.05, 0.1) is 12.1 Å². The maximum absolute atomic E-state index is 9.67. The molecule has 1 unspecified atom stereocenters. The van der Waals surface area contributed by atoms with E-state index in [-0.39, 0.29) is 12.1 Å². The first kappa shape index (κ1) is 16.0. The molecule has 0 aromatic heterocycles. The van der Waals surface area contributed by atoms with Crippen LogP contribution in [0.4, 0.5) is 5.69 Å². The molecule has 0 radical (unpaired) electrons. The van der Waals surface area contributed by atoms with Gasteiger partial charge in [0.2, 0.25) is 0 Å². The average molecular weight is 264 g/mol. The summed E-state index contributed by atoms with van der Waals surface area (Å²) in [5.41, 5.74) is 2.24. The Balaban J connectivity index is 2.79. The normalized spacial score (nSPS) is 14.2. The number of likely N-dealkylation sites (N-methyl/N-ethyl adjacent to an activating group) is 1. The van der Waals surface area contributed by atoms with Gasteiger partial charge in [-0.2, -0.15) is 0 Å². The van der Waals surface area contributed by atoms with Crippen molar-refractivity contribution in [3.05, 3.63) is 29.8 Å². The van der Waals surface area contributed by atoms with Crippen molar-refractivity contribution >= 4 is 5.69 Å². The number of rotatable bonds is 8. The van der Waals surface area contributed by atoms with Crippen LogP contribution in [0.15, 0.2) is 24.3 Å². The highest BCUT2D eigenvalue weighted by atomic mass is 16.3. The van der Waals surface area contributed by atoms with Gasteiger partial charge in [-0.05, 0) is 51.4 Å². The topological polar surface area (TPSA) is 35.5 Å². The minimum Gasteiger partial charge on any atom is -0.394 e. The maximum Gasteiger partial charge on any atom is 0.0627 e. The van der Waals surface area contributed by atoms with Crippen LogP contribution in [0.25, 0.3) is 0 Å². The number of aryl methyl sites for hydroxylation is 1. The zero-order chi connectivity index (χ0) is 14.3. The van der Waals surface area contributed by atoms with E-state index in [0.717, 1.165) is 26.1 Å². The van der Waals surface area contributed by atoms with Gasteiger partial charge in [-0.1, -0.05) is 19.1 Å². The van der Waals surface area contributed by atoms with Crippen molar-refractivity contribution < 1.29 is 5.11 Å². The van der Waals surface area contributed by atoms with Gasteiger partial charge < -0.3 is 15.3 Å². The highest BCUT2D eigenvalue weighted by Gasteiger charge is 2.25. The van der Waals surface area contributed by atoms with Crippen molar-refractivity contribution in [2.24, 2.45) is 0 Å². The molecule has 3 nitrogen and oxygen atoms in total. The molecule has 108 valence electrons. The Bertz CT molecular complexity index is 381. The number of aliphatic hydroxyl groups is 1. The summed E-state index contributed by atoms with van der Waals surface area (Å²) in [4.78, 5) is 2.31. The lowest BCUT2D eigenvalue weighted by Crippen LogP contribution is -2.54. The second-order valence-electron chi connectivity index (χ2n) is 5.50. The molecule has 3 heteroatoms. The van der Waals surface area contributed by atoms with Crippen LogP contribution in [0.3, 0.4) is 0 Å². The first-order valence-corrected chi connectivity index (χ1v) is 7.22. The zero-order valence-corrected chi connectivity index (χ0v) is 12.7. The summed E-state index contributed by atoms with van der Waals surface area (Å²) in [5, 5.41) is 13.1. The molecule has 0 heterocycles. The van der Waals surface area contributed by atoms with Crippen LogP contribution < -0.4 is 10.2 Å². The van der Waals surface area contributed by atoms with E-state index in [4.69, 9.17) is 0 Å². The zero-order valence-electron chi connectivity index (χ0n) is 12.7. The van der Waals surface area contributed by atoms with Crippen LogP contribution in [0, 0.1) is 6.92 Å². The molecule has 0 aliphatic rings. The van der Waals surface area contributed by atoms with E-state index < -0.39 is 0 Å². The predicted octanol–water partition coefficient (Wildman–Crippen LogP) is 2.57. The first-order valence-electron chi connectivity index (χ1n) is 7.22. The van der Waals surface area contributed by atoms with Crippen molar-refractivity contribution in [2.75, 3.05) is 31.1 Å². The van der Waals surface area contributed by atoms with Crippen LogP contribution in [0.1, 0.15) is 32.8 Å². The fourth-order valence-electron chi connectivity index (χ4n) is 2.22. The van der Waals surface area contributed by atoms with Gasteiger partial charge in [-0.15, -0.1) is 0 Å². The number of nitrogens with one attached hydrogen (secondary N) is 1. The lowest BCUT2D eigenvalue weighted by molar-refractivity contribution is 0.178. The molecule has 0 aliphatic heterocycles. The van der Waals surface area contributed by atoms with Gasteiger partial charge in [-0.25, -0.2) is 0 Å². The number of anilines is 1. The summed E-state index contributed by atoms with van der Waals surface area (Å²) >= 11 is 0. The van der Waals surface area contributed by atoms with Crippen LogP contribution >= 0.6 is 0 Å². The summed E-state index contributed by atoms with van der Waals surface area (Å²) in [7, 11) is 0. The maximum atomic E-state index is 9.67. The quantitative estimate of drug-likeness (QED) is 0.757. The molecule has 0 aliphatic carbocycles. The number of aliphatic hydroxyl groups excluding tert-OH is 1. The van der Waals surface area contributed by atoms with E-state index in [1.165, 1.54) is 11.3 Å². The SMILES string of the molecule is CCCNC(C)(CO)CN(CC)c1cccc(C)c1. The van der Waals surface area contributed by atoms with Gasteiger partial charge in [0.1, 0.15) is 0 Å². The van der Waals surface area contributed by atoms with Crippen molar-refractivity contribution in [2.45, 2.75) is 39.7 Å². The summed E-state index contributed by atoms with van der Waals surface area (Å²) in [6.07, 6.45) is 1.08. The molecule has 1 aromatic rings. The Kier molecular flexibility index (Phi) is 6.32. The standard InChI is InChI=1S/C16H28N2O/c1-5-10-17-16(4,13-19)12-18(6-2)15-9-7-8-14(3)11-15/h7-9,11,17,19H,5-6,10,12-13H2,1-4H3. The molecule has 0 fully saturated rings. The third kappa shape index (κ3) is 4.84. The van der Waals surface area contributed by atoms with Gasteiger partial charge >= 0.3 is 0 Å². The average Bonchev–Trinajstić information content (AvgIpc) is 2.42. The molecule has 1 atom stereocenters. The molecule has 0 bridgehead atoms. The van der Waals surface area contributed by atoms with Crippen molar-refractivity contribution in [3.63, 3.8) is 0 Å². The van der Waals surface area contributed by atoms with E-state index in [0.29, 0.717) is 0 Å². The third-order valence-electron chi connectivity index (χ3n) is 3.44. The Labute approximate surface area is 117 Å². The molecule has 2 N–H and O–H groups in total. The summed E-state index contributed by atoms with van der Waals surface area (Å²) in [5.74, 6) is 0. The van der Waals surface area contributed by atoms with Crippen molar-refractivity contribution in [3.8, 4) is 0 Å². The van der Waals surface area contributed by atoms with E-state index in [1.54, 1.807) is 0 Å². The molecular weight excluding hydrogens is 236 g/mol. The number of hydrogen-bond donors (Lipinski definition) is 2. The molecule has 0 spiro atoms. The molecule has 0 saturated heterocycles. The number of nitrogens with zero attached hydrogens (tertiary/aromatic N) is 1. The smallest absolute Gasteiger partial charge is 0.0627 e. The molecule has 1 rings (SSSR count). The fraction of sp³-hybridized carbons (Fsp3) is 0.625.